The second-order valence-corrected chi connectivity index (χ2v) is 6.09. The summed E-state index contributed by atoms with van der Waals surface area (Å²) in [7, 11) is 0. The molecule has 0 aliphatic carbocycles. The van der Waals surface area contributed by atoms with Crippen LogP contribution in [0.15, 0.2) is 42.5 Å². The molecule has 2 amide bonds. The predicted molar refractivity (Wildman–Crippen MR) is 101 cm³/mol. The maximum atomic E-state index is 11.9. The van der Waals surface area contributed by atoms with Gasteiger partial charge in [0.2, 0.25) is 0 Å². The molecule has 4 N–H and O–H groups in total. The van der Waals surface area contributed by atoms with Crippen molar-refractivity contribution in [3.8, 4) is 11.5 Å². The minimum absolute atomic E-state index is 0.0508. The summed E-state index contributed by atoms with van der Waals surface area (Å²) in [5.74, 6) is -1.08. The van der Waals surface area contributed by atoms with Crippen LogP contribution in [0.4, 0.5) is 0 Å². The average molecular weight is 414 g/mol. The monoisotopic (exact) mass is 413 g/mol. The van der Waals surface area contributed by atoms with Crippen molar-refractivity contribution >= 4 is 52.3 Å². The third-order valence-corrected chi connectivity index (χ3v) is 3.68. The lowest BCUT2D eigenvalue weighted by molar-refractivity contribution is -0.121. The fraction of sp³-hybridized carbons (Fsp3) is 0.0625. The first-order chi connectivity index (χ1) is 12.4. The highest BCUT2D eigenvalue weighted by Gasteiger charge is 2.12. The van der Waals surface area contributed by atoms with E-state index in [0.717, 1.165) is 0 Å². The second kappa shape index (κ2) is 9.23. The lowest BCUT2D eigenvalue weighted by Crippen LogP contribution is -2.49. The van der Waals surface area contributed by atoms with Gasteiger partial charge in [0.1, 0.15) is 11.5 Å². The lowest BCUT2D eigenvalue weighted by atomic mass is 10.2. The van der Waals surface area contributed by atoms with Crippen LogP contribution >= 0.6 is 35.4 Å². The highest BCUT2D eigenvalue weighted by Crippen LogP contribution is 2.27. The first-order valence-corrected chi connectivity index (χ1v) is 8.29. The largest absolute Gasteiger partial charge is 0.507 e. The molecule has 0 bridgehead atoms. The minimum Gasteiger partial charge on any atom is -0.507 e. The fourth-order valence-electron chi connectivity index (χ4n) is 1.78. The topological polar surface area (TPSA) is 99.7 Å². The van der Waals surface area contributed by atoms with E-state index < -0.39 is 11.8 Å². The molecule has 0 spiro atoms. The van der Waals surface area contributed by atoms with Gasteiger partial charge in [0, 0.05) is 5.02 Å². The molecule has 136 valence electrons. The number of para-hydroxylation sites is 1. The van der Waals surface area contributed by atoms with Crippen LogP contribution in [-0.4, -0.2) is 28.6 Å². The number of carbonyl (C=O) groups is 2. The summed E-state index contributed by atoms with van der Waals surface area (Å²) in [4.78, 5) is 23.7. The molecule has 26 heavy (non-hydrogen) atoms. The van der Waals surface area contributed by atoms with Crippen molar-refractivity contribution in [1.82, 2.24) is 16.2 Å². The molecule has 0 heterocycles. The van der Waals surface area contributed by atoms with Gasteiger partial charge in [-0.15, -0.1) is 0 Å². The summed E-state index contributed by atoms with van der Waals surface area (Å²) < 4.78 is 5.25. The van der Waals surface area contributed by atoms with Crippen molar-refractivity contribution in [3.05, 3.63) is 58.1 Å². The van der Waals surface area contributed by atoms with Crippen molar-refractivity contribution in [2.24, 2.45) is 0 Å². The molecule has 0 aliphatic heterocycles. The Bertz CT molecular complexity index is 848. The van der Waals surface area contributed by atoms with Gasteiger partial charge in [-0.25, -0.2) is 0 Å². The van der Waals surface area contributed by atoms with E-state index in [9.17, 15) is 14.7 Å². The Hall–Kier alpha value is -2.55. The minimum atomic E-state index is -0.621. The van der Waals surface area contributed by atoms with Crippen LogP contribution in [0.25, 0.3) is 0 Å². The number of aromatic hydroxyl groups is 1. The summed E-state index contributed by atoms with van der Waals surface area (Å²) in [6.07, 6.45) is 0. The molecule has 2 aromatic rings. The Morgan fingerprint density at radius 2 is 1.85 bits per heavy atom. The van der Waals surface area contributed by atoms with E-state index in [4.69, 9.17) is 40.2 Å². The zero-order valence-corrected chi connectivity index (χ0v) is 15.4. The number of hydrazine groups is 1. The van der Waals surface area contributed by atoms with E-state index in [0.29, 0.717) is 5.02 Å². The summed E-state index contributed by atoms with van der Waals surface area (Å²) in [6.45, 7) is -0.351. The Balaban J connectivity index is 1.77. The van der Waals surface area contributed by atoms with E-state index in [-0.39, 0.29) is 33.8 Å². The second-order valence-electron chi connectivity index (χ2n) is 4.84. The molecule has 2 rings (SSSR count). The third-order valence-electron chi connectivity index (χ3n) is 2.94. The Morgan fingerprint density at radius 3 is 2.54 bits per heavy atom. The molecular formula is C16H13Cl2N3O4S. The average Bonchev–Trinajstić information content (AvgIpc) is 2.59. The van der Waals surface area contributed by atoms with E-state index in [2.05, 4.69) is 16.2 Å². The van der Waals surface area contributed by atoms with Crippen LogP contribution in [0.2, 0.25) is 10.0 Å². The van der Waals surface area contributed by atoms with Crippen LogP contribution in [-0.2, 0) is 4.79 Å². The summed E-state index contributed by atoms with van der Waals surface area (Å²) in [6, 6.07) is 10.6. The number of hydrogen-bond acceptors (Lipinski definition) is 5. The lowest BCUT2D eigenvalue weighted by Gasteiger charge is -2.12. The Morgan fingerprint density at radius 1 is 1.12 bits per heavy atom. The van der Waals surface area contributed by atoms with Gasteiger partial charge in [-0.3, -0.25) is 25.8 Å². The third kappa shape index (κ3) is 5.76. The Labute approximate surface area is 164 Å². The van der Waals surface area contributed by atoms with Gasteiger partial charge in [-0.05, 0) is 42.5 Å². The molecular weight excluding hydrogens is 401 g/mol. The molecule has 0 saturated carbocycles. The van der Waals surface area contributed by atoms with Crippen molar-refractivity contribution < 1.29 is 19.4 Å². The molecule has 0 radical (unpaired) electrons. The Kier molecular flexibility index (Phi) is 7.02. The molecule has 2 aromatic carbocycles. The number of carbonyl (C=O) groups excluding carboxylic acids is 2. The molecule has 0 saturated heterocycles. The fourth-order valence-corrected chi connectivity index (χ4v) is 2.40. The van der Waals surface area contributed by atoms with Crippen molar-refractivity contribution in [3.63, 3.8) is 0 Å². The van der Waals surface area contributed by atoms with E-state index in [1.165, 1.54) is 24.3 Å². The number of ether oxygens (including phenoxy) is 1. The quantitative estimate of drug-likeness (QED) is 0.453. The normalized spacial score (nSPS) is 9.92. The number of phenols is 1. The summed E-state index contributed by atoms with van der Waals surface area (Å²) in [5.41, 5.74) is 4.65. The smallest absolute Gasteiger partial charge is 0.273 e. The van der Waals surface area contributed by atoms with Gasteiger partial charge < -0.3 is 9.84 Å². The number of phenolic OH excluding ortho intramolecular Hbond substituents is 1. The van der Waals surface area contributed by atoms with E-state index >= 15 is 0 Å². The number of rotatable bonds is 4. The molecule has 0 unspecified atom stereocenters. The van der Waals surface area contributed by atoms with Gasteiger partial charge in [0.05, 0.1) is 10.6 Å². The first kappa shape index (κ1) is 19.8. The predicted octanol–water partition coefficient (Wildman–Crippen LogP) is 2.41. The van der Waals surface area contributed by atoms with Crippen LogP contribution in [0.3, 0.4) is 0 Å². The van der Waals surface area contributed by atoms with Crippen molar-refractivity contribution in [2.75, 3.05) is 6.61 Å². The molecule has 0 aromatic heterocycles. The number of thiocarbonyl (C=S) groups is 1. The highest BCUT2D eigenvalue weighted by atomic mass is 35.5. The first-order valence-electron chi connectivity index (χ1n) is 7.13. The van der Waals surface area contributed by atoms with Gasteiger partial charge in [-0.1, -0.05) is 35.3 Å². The standard InChI is InChI=1S/C16H13Cl2N3O4S/c17-9-5-6-13(11(18)7-9)25-8-14(23)19-16(26)21-20-15(24)10-3-1-2-4-12(10)22/h1-7,22H,8H2,(H,20,24)(H2,19,21,23,26). The zero-order valence-electron chi connectivity index (χ0n) is 13.1. The molecule has 0 fully saturated rings. The number of benzene rings is 2. The number of halogens is 2. The van der Waals surface area contributed by atoms with Crippen LogP contribution in [0, 0.1) is 0 Å². The van der Waals surface area contributed by atoms with E-state index in [1.54, 1.807) is 18.2 Å². The van der Waals surface area contributed by atoms with Gasteiger partial charge >= 0.3 is 0 Å². The molecule has 0 atom stereocenters. The van der Waals surface area contributed by atoms with Gasteiger partial charge in [0.15, 0.2) is 11.7 Å². The van der Waals surface area contributed by atoms with E-state index in [1.807, 2.05) is 0 Å². The molecule has 7 nitrogen and oxygen atoms in total. The zero-order chi connectivity index (χ0) is 19.1. The number of hydrogen-bond donors (Lipinski definition) is 4. The number of amides is 2. The maximum Gasteiger partial charge on any atom is 0.273 e. The van der Waals surface area contributed by atoms with Crippen molar-refractivity contribution in [1.29, 1.82) is 0 Å². The summed E-state index contributed by atoms with van der Waals surface area (Å²) in [5, 5.41) is 12.5. The highest BCUT2D eigenvalue weighted by molar-refractivity contribution is 7.80. The van der Waals surface area contributed by atoms with Crippen molar-refractivity contribution in [2.45, 2.75) is 0 Å². The SMILES string of the molecule is O=C(COc1ccc(Cl)cc1Cl)NC(=S)NNC(=O)c1ccccc1O. The van der Waals surface area contributed by atoms with Gasteiger partial charge in [-0.2, -0.15) is 0 Å². The van der Waals surface area contributed by atoms with Crippen LogP contribution < -0.4 is 20.9 Å². The maximum absolute atomic E-state index is 11.9. The summed E-state index contributed by atoms with van der Waals surface area (Å²) >= 11 is 16.6. The van der Waals surface area contributed by atoms with Gasteiger partial charge in [0.25, 0.3) is 11.8 Å². The van der Waals surface area contributed by atoms with Crippen LogP contribution in [0.1, 0.15) is 10.4 Å². The number of nitrogens with one attached hydrogen (secondary N) is 3. The molecule has 0 aliphatic rings. The molecule has 10 heteroatoms. The van der Waals surface area contributed by atoms with Crippen LogP contribution in [0.5, 0.6) is 11.5 Å².